The van der Waals surface area contributed by atoms with Crippen LogP contribution in [0.15, 0.2) is 30.5 Å². The van der Waals surface area contributed by atoms with E-state index in [1.807, 2.05) is 32.0 Å². The second-order valence-electron chi connectivity index (χ2n) is 7.41. The lowest BCUT2D eigenvalue weighted by molar-refractivity contribution is -0.120. The third-order valence-corrected chi connectivity index (χ3v) is 5.22. The Kier molecular flexibility index (Phi) is 4.99. The maximum atomic E-state index is 12.9. The highest BCUT2D eigenvalue weighted by Crippen LogP contribution is 2.41. The molecule has 0 fully saturated rings. The van der Waals surface area contributed by atoms with E-state index in [4.69, 9.17) is 21.8 Å². The molecule has 0 spiro atoms. The summed E-state index contributed by atoms with van der Waals surface area (Å²) < 4.78 is 13.5. The summed E-state index contributed by atoms with van der Waals surface area (Å²) in [5.41, 5.74) is 8.97. The molecule has 3 heterocycles. The fourth-order valence-electron chi connectivity index (χ4n) is 3.53. The average molecular weight is 418 g/mol. The minimum absolute atomic E-state index is 0.194. The van der Waals surface area contributed by atoms with Crippen molar-refractivity contribution in [1.82, 2.24) is 14.8 Å². The molecule has 9 nitrogen and oxygen atoms in total. The Balaban J connectivity index is 1.94. The molecule has 9 heteroatoms. The first-order chi connectivity index (χ1) is 14.8. The number of benzene rings is 1. The zero-order chi connectivity index (χ0) is 22.3. The number of hydrogen-bond acceptors (Lipinski definition) is 6. The summed E-state index contributed by atoms with van der Waals surface area (Å²) >= 11 is 0. The SMILES string of the molecule is [C-]#[N+]c1c2c(nn1C)N(C)C(=O)COc1ccc(C)cc1[C@H](C)Oc1cc-2cnc1N. The molecule has 0 unspecified atom stereocenters. The lowest BCUT2D eigenvalue weighted by Crippen LogP contribution is -2.32. The summed E-state index contributed by atoms with van der Waals surface area (Å²) in [6.07, 6.45) is 1.13. The molecule has 3 aromatic rings. The van der Waals surface area contributed by atoms with Crippen molar-refractivity contribution in [3.8, 4) is 22.6 Å². The maximum absolute atomic E-state index is 12.9. The number of nitrogens with zero attached hydrogens (tertiary/aromatic N) is 5. The van der Waals surface area contributed by atoms with Gasteiger partial charge < -0.3 is 20.1 Å². The lowest BCUT2D eigenvalue weighted by Gasteiger charge is -2.20. The van der Waals surface area contributed by atoms with Crippen molar-refractivity contribution in [2.24, 2.45) is 7.05 Å². The van der Waals surface area contributed by atoms with E-state index >= 15 is 0 Å². The second kappa shape index (κ2) is 7.65. The summed E-state index contributed by atoms with van der Waals surface area (Å²) in [5.74, 6) is 1.44. The van der Waals surface area contributed by atoms with Crippen molar-refractivity contribution < 1.29 is 14.3 Å². The lowest BCUT2D eigenvalue weighted by atomic mass is 10.1. The van der Waals surface area contributed by atoms with Crippen LogP contribution in [0.25, 0.3) is 16.0 Å². The fraction of sp³-hybridized carbons (Fsp3) is 0.273. The van der Waals surface area contributed by atoms with E-state index in [9.17, 15) is 4.79 Å². The number of amides is 1. The second-order valence-corrected chi connectivity index (χ2v) is 7.41. The van der Waals surface area contributed by atoms with E-state index < -0.39 is 6.10 Å². The monoisotopic (exact) mass is 418 g/mol. The summed E-state index contributed by atoms with van der Waals surface area (Å²) in [4.78, 5) is 22.2. The van der Waals surface area contributed by atoms with Crippen LogP contribution in [0.1, 0.15) is 24.2 Å². The first kappa shape index (κ1) is 20.2. The Morgan fingerprint density at radius 1 is 1.26 bits per heavy atom. The number of aryl methyl sites for hydroxylation is 2. The molecule has 31 heavy (non-hydrogen) atoms. The van der Waals surface area contributed by atoms with Crippen LogP contribution in [0.3, 0.4) is 0 Å². The van der Waals surface area contributed by atoms with Crippen LogP contribution in [-0.4, -0.2) is 34.3 Å². The number of carbonyl (C=O) groups is 1. The number of nitrogen functional groups attached to an aromatic ring is 1. The largest absolute Gasteiger partial charge is 0.483 e. The first-order valence-corrected chi connectivity index (χ1v) is 9.67. The smallest absolute Gasteiger partial charge is 0.265 e. The van der Waals surface area contributed by atoms with Crippen molar-refractivity contribution in [2.45, 2.75) is 20.0 Å². The summed E-state index contributed by atoms with van der Waals surface area (Å²) in [6, 6.07) is 7.40. The highest BCUT2D eigenvalue weighted by Gasteiger charge is 2.27. The normalized spacial score (nSPS) is 15.9. The van der Waals surface area contributed by atoms with Crippen LogP contribution < -0.4 is 20.1 Å². The Morgan fingerprint density at radius 3 is 2.77 bits per heavy atom. The summed E-state index contributed by atoms with van der Waals surface area (Å²) in [5, 5.41) is 4.40. The zero-order valence-electron chi connectivity index (χ0n) is 17.7. The van der Waals surface area contributed by atoms with Gasteiger partial charge in [-0.15, -0.1) is 0 Å². The highest BCUT2D eigenvalue weighted by atomic mass is 16.5. The average Bonchev–Trinajstić information content (AvgIpc) is 3.09. The Labute approximate surface area is 179 Å². The Bertz CT molecular complexity index is 1230. The Hall–Kier alpha value is -4.06. The van der Waals surface area contributed by atoms with Crippen LogP contribution in [-0.2, 0) is 11.8 Å². The molecule has 0 aliphatic carbocycles. The minimum atomic E-state index is -0.420. The molecule has 1 amide bonds. The van der Waals surface area contributed by atoms with Gasteiger partial charge in [0.05, 0.1) is 12.6 Å². The van der Waals surface area contributed by atoms with E-state index in [0.29, 0.717) is 28.4 Å². The maximum Gasteiger partial charge on any atom is 0.265 e. The van der Waals surface area contributed by atoms with Crippen LogP contribution in [0.5, 0.6) is 11.5 Å². The number of carbonyl (C=O) groups excluding carboxylic acids is 1. The van der Waals surface area contributed by atoms with Crippen molar-refractivity contribution in [3.05, 3.63) is 53.0 Å². The number of ether oxygens (including phenoxy) is 2. The van der Waals surface area contributed by atoms with Crippen molar-refractivity contribution in [1.29, 1.82) is 0 Å². The number of hydrogen-bond donors (Lipinski definition) is 1. The number of aromatic nitrogens is 3. The molecule has 2 N–H and O–H groups in total. The first-order valence-electron chi connectivity index (χ1n) is 9.67. The molecule has 0 saturated heterocycles. The van der Waals surface area contributed by atoms with Gasteiger partial charge in [-0.3, -0.25) is 9.69 Å². The Morgan fingerprint density at radius 2 is 2.03 bits per heavy atom. The molecule has 158 valence electrons. The molecule has 2 bridgehead atoms. The zero-order valence-corrected chi connectivity index (χ0v) is 17.7. The topological polar surface area (TPSA) is 99.9 Å². The van der Waals surface area contributed by atoms with Gasteiger partial charge in [-0.2, -0.15) is 4.68 Å². The van der Waals surface area contributed by atoms with Crippen LogP contribution >= 0.6 is 0 Å². The van der Waals surface area contributed by atoms with Crippen LogP contribution in [0.2, 0.25) is 0 Å². The molecule has 1 aromatic carbocycles. The van der Waals surface area contributed by atoms with Gasteiger partial charge in [-0.25, -0.2) is 4.98 Å². The molecular weight excluding hydrogens is 396 g/mol. The minimum Gasteiger partial charge on any atom is -0.483 e. The van der Waals surface area contributed by atoms with Crippen LogP contribution in [0.4, 0.5) is 17.5 Å². The van der Waals surface area contributed by atoms with Gasteiger partial charge in [-0.1, -0.05) is 23.3 Å². The third-order valence-electron chi connectivity index (χ3n) is 5.22. The number of likely N-dealkylation sites (N-methyl/N-ethyl adjacent to an activating group) is 1. The standard InChI is InChI=1S/C22H22N6O3/c1-12-6-7-16-15(8-12)13(2)31-17-9-14(10-25-20(17)23)19-21(24-3)28(5)26-22(19)27(4)18(29)11-30-16/h6-10,13H,11H2,1-2,4-5H3,(H2,23,25)/t13-/m0/s1. The quantitative estimate of drug-likeness (QED) is 0.562. The summed E-state index contributed by atoms with van der Waals surface area (Å²) in [6.45, 7) is 11.3. The fourth-order valence-corrected chi connectivity index (χ4v) is 3.53. The van der Waals surface area contributed by atoms with Crippen LogP contribution in [0, 0.1) is 13.5 Å². The number of nitrogens with two attached hydrogens (primary N) is 1. The molecule has 4 rings (SSSR count). The van der Waals surface area contributed by atoms with E-state index in [0.717, 1.165) is 11.1 Å². The van der Waals surface area contributed by atoms with Crippen molar-refractivity contribution >= 4 is 23.4 Å². The molecule has 0 radical (unpaired) electrons. The van der Waals surface area contributed by atoms with Gasteiger partial charge in [0.1, 0.15) is 11.9 Å². The van der Waals surface area contributed by atoms with E-state index in [2.05, 4.69) is 14.9 Å². The third kappa shape index (κ3) is 3.53. The number of pyridine rings is 1. The molecule has 1 aliphatic rings. The van der Waals surface area contributed by atoms with Crippen molar-refractivity contribution in [3.63, 3.8) is 0 Å². The highest BCUT2D eigenvalue weighted by molar-refractivity contribution is 5.99. The van der Waals surface area contributed by atoms with Gasteiger partial charge in [0, 0.05) is 18.8 Å². The molecule has 2 aromatic heterocycles. The van der Waals surface area contributed by atoms with Gasteiger partial charge in [0.2, 0.25) is 0 Å². The number of fused-ring (bicyclic) bond motifs is 5. The van der Waals surface area contributed by atoms with E-state index in [-0.39, 0.29) is 24.1 Å². The van der Waals surface area contributed by atoms with Gasteiger partial charge >= 0.3 is 0 Å². The molecule has 1 aliphatic heterocycles. The molecule has 1 atom stereocenters. The van der Waals surface area contributed by atoms with Gasteiger partial charge in [0.25, 0.3) is 11.7 Å². The molecular formula is C22H22N6O3. The van der Waals surface area contributed by atoms with Crippen molar-refractivity contribution in [2.75, 3.05) is 24.3 Å². The van der Waals surface area contributed by atoms with Gasteiger partial charge in [0.15, 0.2) is 24.0 Å². The van der Waals surface area contributed by atoms with Gasteiger partial charge in [-0.05, 0) is 37.6 Å². The number of rotatable bonds is 0. The predicted molar refractivity (Wildman–Crippen MR) is 116 cm³/mol. The van der Waals surface area contributed by atoms with E-state index in [1.165, 1.54) is 9.58 Å². The van der Waals surface area contributed by atoms with E-state index in [1.54, 1.807) is 26.4 Å². The summed E-state index contributed by atoms with van der Waals surface area (Å²) in [7, 11) is 3.26. The predicted octanol–water partition coefficient (Wildman–Crippen LogP) is 3.42. The number of anilines is 2. The molecule has 0 saturated carbocycles.